The zero-order valence-corrected chi connectivity index (χ0v) is 14.1. The number of nitrogens with zero attached hydrogens (tertiary/aromatic N) is 6. The van der Waals surface area contributed by atoms with Gasteiger partial charge >= 0.3 is 0 Å². The third-order valence-electron chi connectivity index (χ3n) is 4.55. The molecule has 1 aliphatic heterocycles. The number of hydrogen-bond acceptors (Lipinski definition) is 4. The average molecular weight is 336 g/mol. The molecule has 1 atom stereocenters. The highest BCUT2D eigenvalue weighted by Crippen LogP contribution is 2.23. The predicted molar refractivity (Wildman–Crippen MR) is 92.5 cm³/mol. The monoisotopic (exact) mass is 336 g/mol. The van der Waals surface area contributed by atoms with Crippen LogP contribution in [0.25, 0.3) is 5.82 Å². The third-order valence-corrected chi connectivity index (χ3v) is 4.55. The van der Waals surface area contributed by atoms with Crippen molar-refractivity contribution >= 4 is 5.91 Å². The van der Waals surface area contributed by atoms with Gasteiger partial charge in [0, 0.05) is 43.4 Å². The lowest BCUT2D eigenvalue weighted by Crippen LogP contribution is -2.40. The largest absolute Gasteiger partial charge is 0.336 e. The van der Waals surface area contributed by atoms with Gasteiger partial charge in [0.15, 0.2) is 0 Å². The first-order valence-electron chi connectivity index (χ1n) is 8.45. The van der Waals surface area contributed by atoms with Crippen LogP contribution in [0.4, 0.5) is 0 Å². The summed E-state index contributed by atoms with van der Waals surface area (Å²) in [6.07, 6.45) is 12.8. The molecule has 0 spiro atoms. The maximum absolute atomic E-state index is 12.9. The summed E-state index contributed by atoms with van der Waals surface area (Å²) in [5, 5.41) is 4.41. The molecule has 4 heterocycles. The number of carbonyl (C=O) groups excluding carboxylic acids is 1. The Hall–Kier alpha value is -2.96. The van der Waals surface area contributed by atoms with Gasteiger partial charge in [-0.1, -0.05) is 0 Å². The lowest BCUT2D eigenvalue weighted by molar-refractivity contribution is 0.0673. The Labute approximate surface area is 145 Å². The zero-order chi connectivity index (χ0) is 17.2. The molecule has 25 heavy (non-hydrogen) atoms. The molecule has 1 saturated heterocycles. The van der Waals surface area contributed by atoms with Crippen LogP contribution in [-0.4, -0.2) is 48.2 Å². The van der Waals surface area contributed by atoms with Crippen LogP contribution in [0.5, 0.6) is 0 Å². The number of imidazole rings is 1. The second-order valence-corrected chi connectivity index (χ2v) is 6.42. The number of rotatable bonds is 3. The Bertz CT molecular complexity index is 869. The molecule has 1 fully saturated rings. The molecule has 0 aliphatic carbocycles. The van der Waals surface area contributed by atoms with Crippen LogP contribution in [0, 0.1) is 6.92 Å². The van der Waals surface area contributed by atoms with E-state index in [0.717, 1.165) is 24.9 Å². The fourth-order valence-electron chi connectivity index (χ4n) is 3.26. The first-order chi connectivity index (χ1) is 12.2. The minimum atomic E-state index is 0.0392. The molecule has 0 N–H and O–H groups in total. The number of pyridine rings is 1. The average Bonchev–Trinajstić information content (AvgIpc) is 3.33. The minimum absolute atomic E-state index is 0.0392. The van der Waals surface area contributed by atoms with Crippen molar-refractivity contribution in [3.05, 3.63) is 60.6 Å². The first kappa shape index (κ1) is 15.6. The number of aromatic nitrogens is 5. The van der Waals surface area contributed by atoms with Crippen molar-refractivity contribution < 1.29 is 4.79 Å². The van der Waals surface area contributed by atoms with Gasteiger partial charge in [0.05, 0.1) is 12.2 Å². The van der Waals surface area contributed by atoms with E-state index in [1.54, 1.807) is 29.4 Å². The van der Waals surface area contributed by atoms with E-state index < -0.39 is 0 Å². The van der Waals surface area contributed by atoms with E-state index in [4.69, 9.17) is 0 Å². The van der Waals surface area contributed by atoms with E-state index in [1.165, 1.54) is 0 Å². The third kappa shape index (κ3) is 3.17. The van der Waals surface area contributed by atoms with Crippen LogP contribution in [0.3, 0.4) is 0 Å². The standard InChI is InChI=1S/C18H20N6O/c1-14-10-21-24(11-14)16-3-2-7-22(12-16)18(25)15-4-5-20-17(9-15)23-8-6-19-13-23/h4-6,8-11,13,16H,2-3,7,12H2,1H3/t16-/m1/s1. The van der Waals surface area contributed by atoms with Gasteiger partial charge in [-0.2, -0.15) is 5.10 Å². The first-order valence-corrected chi connectivity index (χ1v) is 8.45. The van der Waals surface area contributed by atoms with Gasteiger partial charge < -0.3 is 4.90 Å². The Morgan fingerprint density at radius 3 is 3.00 bits per heavy atom. The molecule has 0 aromatic carbocycles. The van der Waals surface area contributed by atoms with Gasteiger partial charge in [-0.15, -0.1) is 0 Å². The summed E-state index contributed by atoms with van der Waals surface area (Å²) in [6.45, 7) is 3.49. The van der Waals surface area contributed by atoms with Gasteiger partial charge in [-0.25, -0.2) is 9.97 Å². The summed E-state index contributed by atoms with van der Waals surface area (Å²) in [5.41, 5.74) is 1.79. The highest BCUT2D eigenvalue weighted by Gasteiger charge is 2.26. The summed E-state index contributed by atoms with van der Waals surface area (Å²) in [5.74, 6) is 0.733. The molecular formula is C18H20N6O. The van der Waals surface area contributed by atoms with Crippen LogP contribution < -0.4 is 0 Å². The van der Waals surface area contributed by atoms with Crippen molar-refractivity contribution in [2.24, 2.45) is 0 Å². The summed E-state index contributed by atoms with van der Waals surface area (Å²) in [4.78, 5) is 23.2. The Morgan fingerprint density at radius 2 is 2.24 bits per heavy atom. The Kier molecular flexibility index (Phi) is 4.05. The molecule has 1 aliphatic rings. The van der Waals surface area contributed by atoms with Gasteiger partial charge in [-0.3, -0.25) is 14.0 Å². The van der Waals surface area contributed by atoms with E-state index in [1.807, 2.05) is 41.2 Å². The molecule has 0 unspecified atom stereocenters. The van der Waals surface area contributed by atoms with Crippen LogP contribution in [0.1, 0.15) is 34.8 Å². The van der Waals surface area contributed by atoms with Crippen molar-refractivity contribution in [3.8, 4) is 5.82 Å². The highest BCUT2D eigenvalue weighted by molar-refractivity contribution is 5.94. The molecule has 7 nitrogen and oxygen atoms in total. The molecule has 0 bridgehead atoms. The van der Waals surface area contributed by atoms with E-state index in [0.29, 0.717) is 17.9 Å². The maximum Gasteiger partial charge on any atom is 0.254 e. The summed E-state index contributed by atoms with van der Waals surface area (Å²) in [7, 11) is 0. The normalized spacial score (nSPS) is 17.6. The second-order valence-electron chi connectivity index (χ2n) is 6.42. The molecule has 0 radical (unpaired) electrons. The number of hydrogen-bond donors (Lipinski definition) is 0. The van der Waals surface area contributed by atoms with Crippen LogP contribution in [0.2, 0.25) is 0 Å². The quantitative estimate of drug-likeness (QED) is 0.736. The molecule has 0 saturated carbocycles. The predicted octanol–water partition coefficient (Wildman–Crippen LogP) is 2.25. The van der Waals surface area contributed by atoms with Gasteiger partial charge in [0.1, 0.15) is 12.1 Å². The number of aryl methyl sites for hydroxylation is 1. The molecule has 7 heteroatoms. The minimum Gasteiger partial charge on any atom is -0.336 e. The van der Waals surface area contributed by atoms with Crippen molar-refractivity contribution in [2.45, 2.75) is 25.8 Å². The van der Waals surface area contributed by atoms with Crippen molar-refractivity contribution in [3.63, 3.8) is 0 Å². The number of carbonyl (C=O) groups is 1. The smallest absolute Gasteiger partial charge is 0.254 e. The maximum atomic E-state index is 12.9. The second kappa shape index (κ2) is 6.51. The van der Waals surface area contributed by atoms with Crippen LogP contribution in [-0.2, 0) is 0 Å². The zero-order valence-electron chi connectivity index (χ0n) is 14.1. The van der Waals surface area contributed by atoms with E-state index >= 15 is 0 Å². The van der Waals surface area contributed by atoms with Crippen LogP contribution >= 0.6 is 0 Å². The molecular weight excluding hydrogens is 316 g/mol. The number of likely N-dealkylation sites (tertiary alicyclic amines) is 1. The molecule has 1 amide bonds. The van der Waals surface area contributed by atoms with Crippen LogP contribution in [0.15, 0.2) is 49.4 Å². The van der Waals surface area contributed by atoms with Gasteiger partial charge in [0.2, 0.25) is 0 Å². The van der Waals surface area contributed by atoms with Crippen molar-refractivity contribution in [2.75, 3.05) is 13.1 Å². The van der Waals surface area contributed by atoms with Crippen molar-refractivity contribution in [1.82, 2.24) is 29.2 Å². The number of piperidine rings is 1. The topological polar surface area (TPSA) is 68.8 Å². The van der Waals surface area contributed by atoms with Gasteiger partial charge in [-0.05, 0) is 37.5 Å². The van der Waals surface area contributed by atoms with Gasteiger partial charge in [0.25, 0.3) is 5.91 Å². The van der Waals surface area contributed by atoms with E-state index in [-0.39, 0.29) is 11.9 Å². The fraction of sp³-hybridized carbons (Fsp3) is 0.333. The van der Waals surface area contributed by atoms with E-state index in [9.17, 15) is 4.79 Å². The van der Waals surface area contributed by atoms with Crippen molar-refractivity contribution in [1.29, 1.82) is 0 Å². The Morgan fingerprint density at radius 1 is 1.32 bits per heavy atom. The number of amides is 1. The van der Waals surface area contributed by atoms with E-state index in [2.05, 4.69) is 15.1 Å². The summed E-state index contributed by atoms with van der Waals surface area (Å²) < 4.78 is 3.78. The lowest BCUT2D eigenvalue weighted by Gasteiger charge is -2.33. The molecule has 3 aromatic heterocycles. The molecule has 4 rings (SSSR count). The SMILES string of the molecule is Cc1cnn([C@@H]2CCCN(C(=O)c3ccnc(-n4ccnc4)c3)C2)c1. The summed E-state index contributed by atoms with van der Waals surface area (Å²) >= 11 is 0. The fourth-order valence-corrected chi connectivity index (χ4v) is 3.26. The molecule has 3 aromatic rings. The lowest BCUT2D eigenvalue weighted by atomic mass is 10.0. The Balaban J connectivity index is 1.53. The molecule has 128 valence electrons. The summed E-state index contributed by atoms with van der Waals surface area (Å²) in [6, 6.07) is 3.82. The highest BCUT2D eigenvalue weighted by atomic mass is 16.2.